The van der Waals surface area contributed by atoms with Crippen molar-refractivity contribution >= 4 is 33.2 Å². The average Bonchev–Trinajstić information content (AvgIpc) is 2.69. The van der Waals surface area contributed by atoms with Crippen molar-refractivity contribution < 1.29 is 17.9 Å². The lowest BCUT2D eigenvalue weighted by atomic mass is 9.97. The highest BCUT2D eigenvalue weighted by Gasteiger charge is 2.31. The molecule has 0 saturated carbocycles. The Labute approximate surface area is 175 Å². The molecule has 29 heavy (non-hydrogen) atoms. The average molecular weight is 435 g/mol. The van der Waals surface area contributed by atoms with Gasteiger partial charge in [0.2, 0.25) is 10.0 Å². The van der Waals surface area contributed by atoms with Crippen molar-refractivity contribution in [3.8, 4) is 5.75 Å². The normalized spacial score (nSPS) is 19.4. The molecule has 0 aliphatic carbocycles. The van der Waals surface area contributed by atoms with Crippen molar-refractivity contribution in [1.29, 1.82) is 0 Å². The summed E-state index contributed by atoms with van der Waals surface area (Å²) in [7, 11) is -3.69. The summed E-state index contributed by atoms with van der Waals surface area (Å²) in [5.74, 6) is 0.146. The number of carbonyl (C=O) groups excluding carboxylic acids is 1. The number of hydrogen-bond acceptors (Lipinski definition) is 4. The lowest BCUT2D eigenvalue weighted by Crippen LogP contribution is -2.45. The second kappa shape index (κ2) is 8.24. The highest BCUT2D eigenvalue weighted by Crippen LogP contribution is 2.31. The molecule has 2 aliphatic heterocycles. The molecule has 8 heteroatoms. The first-order valence-corrected chi connectivity index (χ1v) is 11.8. The molecule has 2 heterocycles. The molecular formula is C21H23ClN2O4S. The van der Waals surface area contributed by atoms with E-state index in [9.17, 15) is 13.2 Å². The summed E-state index contributed by atoms with van der Waals surface area (Å²) in [5, 5.41) is 0.399. The van der Waals surface area contributed by atoms with Crippen molar-refractivity contribution in [2.45, 2.75) is 37.5 Å². The third-order valence-corrected chi connectivity index (χ3v) is 6.99. The van der Waals surface area contributed by atoms with Crippen LogP contribution in [0.15, 0.2) is 42.5 Å². The van der Waals surface area contributed by atoms with Gasteiger partial charge in [-0.3, -0.25) is 9.52 Å². The molecule has 1 unspecified atom stereocenters. The Morgan fingerprint density at radius 2 is 1.97 bits per heavy atom. The Morgan fingerprint density at radius 1 is 1.14 bits per heavy atom. The molecule has 2 aromatic rings. The van der Waals surface area contributed by atoms with Crippen LogP contribution >= 0.6 is 11.6 Å². The van der Waals surface area contributed by atoms with Gasteiger partial charge in [-0.2, -0.15) is 0 Å². The molecule has 2 aliphatic rings. The Kier molecular flexibility index (Phi) is 5.69. The summed E-state index contributed by atoms with van der Waals surface area (Å²) >= 11 is 6.09. The van der Waals surface area contributed by atoms with Crippen molar-refractivity contribution in [1.82, 2.24) is 4.90 Å². The standard InChI is InChI=1S/C21H23ClN2O4S/c22-19-7-2-1-5-15(19)14-29(26,27)23-16-8-9-20-18(13-16)21(25)24-11-4-3-6-17(24)10-12-28-20/h1-2,5,7-9,13,17,23H,3-4,6,10-12,14H2. The van der Waals surface area contributed by atoms with Crippen LogP contribution in [0.25, 0.3) is 0 Å². The van der Waals surface area contributed by atoms with E-state index < -0.39 is 10.0 Å². The topological polar surface area (TPSA) is 75.7 Å². The van der Waals surface area contributed by atoms with Crippen molar-refractivity contribution in [2.75, 3.05) is 17.9 Å². The van der Waals surface area contributed by atoms with Crippen LogP contribution < -0.4 is 9.46 Å². The lowest BCUT2D eigenvalue weighted by molar-refractivity contribution is 0.0548. The number of hydrogen-bond donors (Lipinski definition) is 1. The van der Waals surface area contributed by atoms with E-state index in [1.54, 1.807) is 42.5 Å². The number of nitrogens with zero attached hydrogens (tertiary/aromatic N) is 1. The number of nitrogens with one attached hydrogen (secondary N) is 1. The summed E-state index contributed by atoms with van der Waals surface area (Å²) < 4.78 is 33.6. The number of anilines is 1. The highest BCUT2D eigenvalue weighted by atomic mass is 35.5. The maximum Gasteiger partial charge on any atom is 0.257 e. The van der Waals surface area contributed by atoms with Crippen molar-refractivity contribution in [3.05, 3.63) is 58.6 Å². The molecule has 154 valence electrons. The van der Waals surface area contributed by atoms with E-state index in [-0.39, 0.29) is 17.7 Å². The van der Waals surface area contributed by atoms with Gasteiger partial charge in [0, 0.05) is 29.7 Å². The van der Waals surface area contributed by atoms with Gasteiger partial charge >= 0.3 is 0 Å². The van der Waals surface area contributed by atoms with Gasteiger partial charge in [-0.15, -0.1) is 0 Å². The molecular weight excluding hydrogens is 412 g/mol. The van der Waals surface area contributed by atoms with E-state index in [4.69, 9.17) is 16.3 Å². The van der Waals surface area contributed by atoms with Gasteiger partial charge in [0.15, 0.2) is 0 Å². The zero-order valence-electron chi connectivity index (χ0n) is 15.9. The van der Waals surface area contributed by atoms with Crippen LogP contribution in [0.4, 0.5) is 5.69 Å². The second-order valence-electron chi connectivity index (χ2n) is 7.45. The second-order valence-corrected chi connectivity index (χ2v) is 9.58. The van der Waals surface area contributed by atoms with E-state index in [0.717, 1.165) is 32.2 Å². The van der Waals surface area contributed by atoms with Crippen LogP contribution in [-0.4, -0.2) is 38.4 Å². The van der Waals surface area contributed by atoms with Crippen molar-refractivity contribution in [3.63, 3.8) is 0 Å². The molecule has 1 atom stereocenters. The fourth-order valence-corrected chi connectivity index (χ4v) is 5.45. The number of carbonyl (C=O) groups is 1. The summed E-state index contributed by atoms with van der Waals surface area (Å²) in [6, 6.07) is 11.9. The van der Waals surface area contributed by atoms with Crippen LogP contribution in [0.5, 0.6) is 5.75 Å². The first-order chi connectivity index (χ1) is 13.9. The lowest BCUT2D eigenvalue weighted by Gasteiger charge is -2.37. The van der Waals surface area contributed by atoms with E-state index in [2.05, 4.69) is 4.72 Å². The third kappa shape index (κ3) is 4.51. The Hall–Kier alpha value is -2.25. The first-order valence-electron chi connectivity index (χ1n) is 9.75. The van der Waals surface area contributed by atoms with Crippen molar-refractivity contribution in [2.24, 2.45) is 0 Å². The number of amides is 1. The fourth-order valence-electron chi connectivity index (χ4n) is 3.95. The minimum absolute atomic E-state index is 0.100. The molecule has 0 bridgehead atoms. The quantitative estimate of drug-likeness (QED) is 0.787. The smallest absolute Gasteiger partial charge is 0.257 e. The Bertz CT molecular complexity index is 1030. The highest BCUT2D eigenvalue weighted by molar-refractivity contribution is 7.91. The summed E-state index contributed by atoms with van der Waals surface area (Å²) in [6.45, 7) is 1.27. The first kappa shape index (κ1) is 20.0. The fraction of sp³-hybridized carbons (Fsp3) is 0.381. The number of fused-ring (bicyclic) bond motifs is 2. The summed E-state index contributed by atoms with van der Waals surface area (Å²) in [4.78, 5) is 15.0. The number of sulfonamides is 1. The van der Waals surface area contributed by atoms with Gasteiger partial charge in [0.25, 0.3) is 5.91 Å². The molecule has 6 nitrogen and oxygen atoms in total. The molecule has 2 aromatic carbocycles. The number of benzene rings is 2. The van der Waals surface area contributed by atoms with E-state index in [1.165, 1.54) is 0 Å². The monoisotopic (exact) mass is 434 g/mol. The summed E-state index contributed by atoms with van der Waals surface area (Å²) in [6.07, 6.45) is 3.90. The van der Waals surface area contributed by atoms with Gasteiger partial charge < -0.3 is 9.64 Å². The minimum Gasteiger partial charge on any atom is -0.493 e. The van der Waals surface area contributed by atoms with Crippen LogP contribution in [0.2, 0.25) is 5.02 Å². The number of halogens is 1. The van der Waals surface area contributed by atoms with Gasteiger partial charge in [-0.1, -0.05) is 29.8 Å². The van der Waals surface area contributed by atoms with Gasteiger partial charge in [-0.25, -0.2) is 8.42 Å². The molecule has 0 spiro atoms. The predicted molar refractivity (Wildman–Crippen MR) is 113 cm³/mol. The van der Waals surface area contributed by atoms with Gasteiger partial charge in [0.05, 0.1) is 17.9 Å². The largest absolute Gasteiger partial charge is 0.493 e. The third-order valence-electron chi connectivity index (χ3n) is 5.38. The van der Waals surface area contributed by atoms with Gasteiger partial charge in [0.1, 0.15) is 5.75 Å². The Balaban J connectivity index is 1.58. The zero-order chi connectivity index (χ0) is 20.4. The molecule has 1 N–H and O–H groups in total. The van der Waals surface area contributed by atoms with Crippen LogP contribution in [0.1, 0.15) is 41.6 Å². The van der Waals surface area contributed by atoms with E-state index in [1.807, 2.05) is 4.90 Å². The molecule has 0 radical (unpaired) electrons. The molecule has 1 saturated heterocycles. The molecule has 0 aromatic heterocycles. The van der Waals surface area contributed by atoms with Gasteiger partial charge in [-0.05, 0) is 49.1 Å². The van der Waals surface area contributed by atoms with E-state index >= 15 is 0 Å². The SMILES string of the molecule is O=C1c2cc(NS(=O)(=O)Cc3ccccc3Cl)ccc2OCCC2CCCCN12. The molecule has 1 amide bonds. The summed E-state index contributed by atoms with van der Waals surface area (Å²) in [5.41, 5.74) is 1.25. The zero-order valence-corrected chi connectivity index (χ0v) is 17.5. The number of piperidine rings is 1. The van der Waals surface area contributed by atoms with E-state index in [0.29, 0.717) is 34.2 Å². The molecule has 1 fully saturated rings. The number of rotatable bonds is 4. The van der Waals surface area contributed by atoms with Crippen LogP contribution in [0.3, 0.4) is 0 Å². The maximum atomic E-state index is 13.1. The number of ether oxygens (including phenoxy) is 1. The Morgan fingerprint density at radius 3 is 2.79 bits per heavy atom. The van der Waals surface area contributed by atoms with Crippen LogP contribution in [-0.2, 0) is 15.8 Å². The predicted octanol–water partition coefficient (Wildman–Crippen LogP) is 4.06. The minimum atomic E-state index is -3.69. The molecule has 4 rings (SSSR count). The maximum absolute atomic E-state index is 13.1. The van der Waals surface area contributed by atoms with Crippen LogP contribution in [0, 0.1) is 0 Å².